The maximum Gasteiger partial charge on any atom is 0.277 e. The summed E-state index contributed by atoms with van der Waals surface area (Å²) >= 11 is 0. The Balaban J connectivity index is 1.94. The summed E-state index contributed by atoms with van der Waals surface area (Å²) in [5.41, 5.74) is 2.99. The van der Waals surface area contributed by atoms with Crippen molar-refractivity contribution in [1.29, 1.82) is 0 Å². The second-order valence-corrected chi connectivity index (χ2v) is 5.00. The van der Waals surface area contributed by atoms with E-state index in [4.69, 9.17) is 18.9 Å². The molecule has 2 N–H and O–H groups in total. The summed E-state index contributed by atoms with van der Waals surface area (Å²) < 4.78 is 20.9. The van der Waals surface area contributed by atoms with Crippen molar-refractivity contribution in [3.63, 3.8) is 0 Å². The van der Waals surface area contributed by atoms with Crippen molar-refractivity contribution in [2.45, 2.75) is 0 Å². The molecule has 2 rings (SSSR count). The molecule has 8 heteroatoms. The molecule has 0 saturated carbocycles. The van der Waals surface area contributed by atoms with Crippen LogP contribution in [0.2, 0.25) is 0 Å². The summed E-state index contributed by atoms with van der Waals surface area (Å²) in [5, 5.41) is 13.4. The zero-order valence-electron chi connectivity index (χ0n) is 14.7. The van der Waals surface area contributed by atoms with Crippen molar-refractivity contribution in [2.24, 2.45) is 5.10 Å². The number of amides is 1. The van der Waals surface area contributed by atoms with Crippen LogP contribution < -0.4 is 24.4 Å². The van der Waals surface area contributed by atoms with Crippen LogP contribution in [0, 0.1) is 0 Å². The molecule has 0 aromatic heterocycles. The highest BCUT2D eigenvalue weighted by molar-refractivity contribution is 5.83. The van der Waals surface area contributed by atoms with Gasteiger partial charge in [-0.05, 0) is 35.9 Å². The second-order valence-electron chi connectivity index (χ2n) is 5.00. The maximum absolute atomic E-state index is 11.9. The first-order valence-corrected chi connectivity index (χ1v) is 7.61. The smallest absolute Gasteiger partial charge is 0.277 e. The molecular weight excluding hydrogens is 340 g/mol. The quantitative estimate of drug-likeness (QED) is 0.551. The van der Waals surface area contributed by atoms with Gasteiger partial charge in [0.2, 0.25) is 5.75 Å². The standard InChI is InChI=1S/C18H20N2O6/c1-23-14-5-4-6-15(24-2)18(14)26-11-17(22)20-19-10-12-7-8-13(21)16(9-12)25-3/h4-10,21H,11H2,1-3H3,(H,20,22)/b19-10+. The van der Waals surface area contributed by atoms with Gasteiger partial charge in [0.15, 0.2) is 29.6 Å². The van der Waals surface area contributed by atoms with E-state index in [1.165, 1.54) is 33.6 Å². The van der Waals surface area contributed by atoms with E-state index in [2.05, 4.69) is 10.5 Å². The van der Waals surface area contributed by atoms with Crippen LogP contribution >= 0.6 is 0 Å². The summed E-state index contributed by atoms with van der Waals surface area (Å²) in [6.07, 6.45) is 1.42. The van der Waals surface area contributed by atoms with E-state index in [0.29, 0.717) is 28.6 Å². The molecule has 2 aromatic rings. The van der Waals surface area contributed by atoms with Gasteiger partial charge in [-0.3, -0.25) is 4.79 Å². The summed E-state index contributed by atoms with van der Waals surface area (Å²) in [6.45, 7) is -0.271. The minimum Gasteiger partial charge on any atom is -0.504 e. The molecule has 0 aliphatic heterocycles. The number of nitrogens with one attached hydrogen (secondary N) is 1. The fourth-order valence-electron chi connectivity index (χ4n) is 2.08. The summed E-state index contributed by atoms with van der Waals surface area (Å²) in [6, 6.07) is 9.84. The molecule has 0 aliphatic carbocycles. The highest BCUT2D eigenvalue weighted by Crippen LogP contribution is 2.36. The van der Waals surface area contributed by atoms with Crippen LogP contribution in [0.5, 0.6) is 28.7 Å². The molecule has 0 aliphatic rings. The minimum atomic E-state index is -0.458. The van der Waals surface area contributed by atoms with Crippen LogP contribution in [0.1, 0.15) is 5.56 Å². The summed E-state index contributed by atoms with van der Waals surface area (Å²) in [4.78, 5) is 11.9. The lowest BCUT2D eigenvalue weighted by Gasteiger charge is -2.13. The average Bonchev–Trinajstić information content (AvgIpc) is 2.67. The Bertz CT molecular complexity index is 769. The summed E-state index contributed by atoms with van der Waals surface area (Å²) in [5.74, 6) is 1.12. The number of hydrogen-bond acceptors (Lipinski definition) is 7. The summed E-state index contributed by atoms with van der Waals surface area (Å²) in [7, 11) is 4.44. The largest absolute Gasteiger partial charge is 0.504 e. The van der Waals surface area contributed by atoms with Gasteiger partial charge in [-0.1, -0.05) is 6.07 Å². The van der Waals surface area contributed by atoms with Crippen LogP contribution in [0.25, 0.3) is 0 Å². The van der Waals surface area contributed by atoms with Crippen LogP contribution in [0.3, 0.4) is 0 Å². The lowest BCUT2D eigenvalue weighted by molar-refractivity contribution is -0.123. The van der Waals surface area contributed by atoms with Crippen LogP contribution in [0.4, 0.5) is 0 Å². The number of aromatic hydroxyl groups is 1. The van der Waals surface area contributed by atoms with Gasteiger partial charge in [-0.15, -0.1) is 0 Å². The number of phenols is 1. The van der Waals surface area contributed by atoms with Crippen molar-refractivity contribution in [1.82, 2.24) is 5.43 Å². The maximum atomic E-state index is 11.9. The van der Waals surface area contributed by atoms with Crippen molar-refractivity contribution in [3.8, 4) is 28.7 Å². The van der Waals surface area contributed by atoms with Gasteiger partial charge in [0, 0.05) is 0 Å². The minimum absolute atomic E-state index is 0.0211. The molecule has 8 nitrogen and oxygen atoms in total. The van der Waals surface area contributed by atoms with Gasteiger partial charge >= 0.3 is 0 Å². The first kappa shape index (κ1) is 18.9. The molecule has 0 fully saturated rings. The van der Waals surface area contributed by atoms with Crippen molar-refractivity contribution in [3.05, 3.63) is 42.0 Å². The number of para-hydroxylation sites is 1. The molecule has 2 aromatic carbocycles. The molecule has 0 saturated heterocycles. The number of ether oxygens (including phenoxy) is 4. The van der Waals surface area contributed by atoms with Crippen molar-refractivity contribution >= 4 is 12.1 Å². The van der Waals surface area contributed by atoms with Gasteiger partial charge in [-0.25, -0.2) is 5.43 Å². The average molecular weight is 360 g/mol. The van der Waals surface area contributed by atoms with Gasteiger partial charge in [0.25, 0.3) is 5.91 Å². The Kier molecular flexibility index (Phi) is 6.67. The Morgan fingerprint density at radius 1 is 1.08 bits per heavy atom. The Morgan fingerprint density at radius 2 is 1.73 bits per heavy atom. The second kappa shape index (κ2) is 9.16. The van der Waals surface area contributed by atoms with E-state index in [-0.39, 0.29) is 12.4 Å². The van der Waals surface area contributed by atoms with Gasteiger partial charge in [0.05, 0.1) is 27.5 Å². The Labute approximate surface area is 151 Å². The molecule has 0 radical (unpaired) electrons. The lowest BCUT2D eigenvalue weighted by atomic mass is 10.2. The number of hydrogen-bond donors (Lipinski definition) is 2. The van der Waals surface area contributed by atoms with Gasteiger partial charge in [-0.2, -0.15) is 5.10 Å². The molecule has 138 valence electrons. The predicted octanol–water partition coefficient (Wildman–Crippen LogP) is 1.95. The van der Waals surface area contributed by atoms with E-state index in [0.717, 1.165) is 0 Å². The molecule has 0 heterocycles. The zero-order chi connectivity index (χ0) is 18.9. The third kappa shape index (κ3) is 4.79. The highest BCUT2D eigenvalue weighted by atomic mass is 16.5. The van der Waals surface area contributed by atoms with E-state index in [1.54, 1.807) is 30.3 Å². The first-order chi connectivity index (χ1) is 12.6. The number of nitrogens with zero attached hydrogens (tertiary/aromatic N) is 1. The Hall–Kier alpha value is -3.42. The van der Waals surface area contributed by atoms with Crippen LogP contribution in [-0.4, -0.2) is 45.2 Å². The van der Waals surface area contributed by atoms with Crippen molar-refractivity contribution in [2.75, 3.05) is 27.9 Å². The monoisotopic (exact) mass is 360 g/mol. The molecule has 1 amide bonds. The predicted molar refractivity (Wildman–Crippen MR) is 95.4 cm³/mol. The van der Waals surface area contributed by atoms with E-state index in [1.807, 2.05) is 0 Å². The zero-order valence-corrected chi connectivity index (χ0v) is 14.7. The fraction of sp³-hybridized carbons (Fsp3) is 0.222. The molecule has 0 bridgehead atoms. The van der Waals surface area contributed by atoms with E-state index < -0.39 is 5.91 Å². The van der Waals surface area contributed by atoms with E-state index in [9.17, 15) is 9.90 Å². The van der Waals surface area contributed by atoms with Crippen LogP contribution in [0.15, 0.2) is 41.5 Å². The molecule has 0 unspecified atom stereocenters. The normalized spacial score (nSPS) is 10.4. The third-order valence-electron chi connectivity index (χ3n) is 3.34. The number of methoxy groups -OCH3 is 3. The Morgan fingerprint density at radius 3 is 2.35 bits per heavy atom. The number of carbonyl (C=O) groups is 1. The molecule has 26 heavy (non-hydrogen) atoms. The first-order valence-electron chi connectivity index (χ1n) is 7.61. The van der Waals surface area contributed by atoms with E-state index >= 15 is 0 Å². The number of carbonyl (C=O) groups excluding carboxylic acids is 1. The van der Waals surface area contributed by atoms with Gasteiger partial charge in [0.1, 0.15) is 0 Å². The lowest BCUT2D eigenvalue weighted by Crippen LogP contribution is -2.24. The molecule has 0 spiro atoms. The fourth-order valence-corrected chi connectivity index (χ4v) is 2.08. The van der Waals surface area contributed by atoms with Crippen LogP contribution in [-0.2, 0) is 4.79 Å². The van der Waals surface area contributed by atoms with Crippen molar-refractivity contribution < 1.29 is 28.8 Å². The molecule has 0 atom stereocenters. The number of benzene rings is 2. The SMILES string of the molecule is COc1cc(/C=N/NC(=O)COc2c(OC)cccc2OC)ccc1O. The third-order valence-corrected chi connectivity index (χ3v) is 3.34. The highest BCUT2D eigenvalue weighted by Gasteiger charge is 2.12. The van der Waals surface area contributed by atoms with Gasteiger partial charge < -0.3 is 24.1 Å². The number of hydrazone groups is 1. The molecular formula is C18H20N2O6. The number of phenolic OH excluding ortho intramolecular Hbond substituents is 1. The number of rotatable bonds is 8. The topological polar surface area (TPSA) is 98.6 Å².